The minimum Gasteiger partial charge on any atom is -0.506 e. The van der Waals surface area contributed by atoms with Crippen LogP contribution in [0.5, 0.6) is 5.75 Å². The van der Waals surface area contributed by atoms with E-state index in [2.05, 4.69) is 12.2 Å². The highest BCUT2D eigenvalue weighted by Gasteiger charge is 2.26. The van der Waals surface area contributed by atoms with E-state index in [0.29, 0.717) is 23.6 Å². The van der Waals surface area contributed by atoms with Gasteiger partial charge in [0.15, 0.2) is 0 Å². The highest BCUT2D eigenvalue weighted by Crippen LogP contribution is 2.27. The van der Waals surface area contributed by atoms with Crippen LogP contribution in [0.25, 0.3) is 0 Å². The van der Waals surface area contributed by atoms with Crippen LogP contribution < -0.4 is 5.32 Å². The molecule has 2 unspecified atom stereocenters. The molecule has 1 heterocycles. The van der Waals surface area contributed by atoms with E-state index in [0.717, 1.165) is 31.6 Å². The number of rotatable bonds is 5. The minimum absolute atomic E-state index is 0.182. The molecule has 2 rings (SSSR count). The van der Waals surface area contributed by atoms with Gasteiger partial charge in [0.25, 0.3) is 0 Å². The summed E-state index contributed by atoms with van der Waals surface area (Å²) in [4.78, 5) is 0. The van der Waals surface area contributed by atoms with Crippen molar-refractivity contribution >= 4 is 11.6 Å². The zero-order valence-electron chi connectivity index (χ0n) is 10.7. The van der Waals surface area contributed by atoms with Crippen LogP contribution in [0, 0.1) is 5.92 Å². The van der Waals surface area contributed by atoms with Gasteiger partial charge in [-0.3, -0.25) is 0 Å². The monoisotopic (exact) mass is 269 g/mol. The molecule has 2 N–H and O–H groups in total. The molecule has 1 saturated heterocycles. The molecule has 1 fully saturated rings. The van der Waals surface area contributed by atoms with Gasteiger partial charge in [-0.2, -0.15) is 0 Å². The number of ether oxygens (including phenoxy) is 1. The summed E-state index contributed by atoms with van der Waals surface area (Å²) in [5.41, 5.74) is 0.842. The Kier molecular flexibility index (Phi) is 4.87. The number of halogens is 1. The van der Waals surface area contributed by atoms with Crippen molar-refractivity contribution in [2.45, 2.75) is 32.4 Å². The summed E-state index contributed by atoms with van der Waals surface area (Å²) in [5, 5.41) is 13.6. The molecular formula is C14H20ClNO2. The first-order valence-corrected chi connectivity index (χ1v) is 6.88. The van der Waals surface area contributed by atoms with Gasteiger partial charge in [-0.05, 0) is 24.8 Å². The van der Waals surface area contributed by atoms with Gasteiger partial charge >= 0.3 is 0 Å². The second kappa shape index (κ2) is 6.41. The number of benzene rings is 1. The summed E-state index contributed by atoms with van der Waals surface area (Å²) in [6.07, 6.45) is 2.56. The number of hydrogen-bond acceptors (Lipinski definition) is 3. The molecule has 100 valence electrons. The van der Waals surface area contributed by atoms with E-state index < -0.39 is 0 Å². The van der Waals surface area contributed by atoms with Gasteiger partial charge in [0.1, 0.15) is 5.75 Å². The number of para-hydroxylation sites is 1. The van der Waals surface area contributed by atoms with Gasteiger partial charge in [0.05, 0.1) is 11.1 Å². The molecule has 4 heteroatoms. The maximum atomic E-state index is 9.79. The third-order valence-electron chi connectivity index (χ3n) is 3.54. The molecule has 18 heavy (non-hydrogen) atoms. The van der Waals surface area contributed by atoms with Gasteiger partial charge in [-0.1, -0.05) is 30.7 Å². The summed E-state index contributed by atoms with van der Waals surface area (Å²) >= 11 is 5.87. The third kappa shape index (κ3) is 3.16. The normalized spacial score (nSPS) is 23.4. The van der Waals surface area contributed by atoms with Gasteiger partial charge in [0, 0.05) is 25.3 Å². The molecule has 2 atom stereocenters. The van der Waals surface area contributed by atoms with Crippen LogP contribution in [0.1, 0.15) is 25.3 Å². The van der Waals surface area contributed by atoms with Crippen molar-refractivity contribution < 1.29 is 9.84 Å². The lowest BCUT2D eigenvalue weighted by Crippen LogP contribution is -2.27. The van der Waals surface area contributed by atoms with Crippen LogP contribution in [0.3, 0.4) is 0 Å². The summed E-state index contributed by atoms with van der Waals surface area (Å²) in [6, 6.07) is 5.43. The van der Waals surface area contributed by atoms with Crippen molar-refractivity contribution in [1.29, 1.82) is 0 Å². The molecule has 0 aliphatic carbocycles. The summed E-state index contributed by atoms with van der Waals surface area (Å²) in [6.45, 7) is 4.59. The molecule has 0 radical (unpaired) electrons. The molecule has 0 aromatic heterocycles. The predicted molar refractivity (Wildman–Crippen MR) is 73.0 cm³/mol. The summed E-state index contributed by atoms with van der Waals surface area (Å²) < 4.78 is 5.65. The first kappa shape index (κ1) is 13.7. The number of hydrogen-bond donors (Lipinski definition) is 2. The fraction of sp³-hybridized carbons (Fsp3) is 0.571. The Morgan fingerprint density at radius 1 is 1.50 bits per heavy atom. The molecule has 0 amide bonds. The Bertz CT molecular complexity index is 397. The lowest BCUT2D eigenvalue weighted by molar-refractivity contribution is 0.0872. The molecule has 1 aromatic rings. The maximum absolute atomic E-state index is 9.79. The molecule has 1 aliphatic rings. The van der Waals surface area contributed by atoms with E-state index in [1.807, 2.05) is 12.1 Å². The second-order valence-electron chi connectivity index (χ2n) is 4.74. The van der Waals surface area contributed by atoms with Crippen molar-refractivity contribution in [3.8, 4) is 5.75 Å². The summed E-state index contributed by atoms with van der Waals surface area (Å²) in [5.74, 6) is 0.762. The van der Waals surface area contributed by atoms with Crippen molar-refractivity contribution in [2.24, 2.45) is 5.92 Å². The van der Waals surface area contributed by atoms with Crippen molar-refractivity contribution in [2.75, 3.05) is 13.2 Å². The average molecular weight is 270 g/mol. The Balaban J connectivity index is 1.83. The molecule has 0 spiro atoms. The highest BCUT2D eigenvalue weighted by atomic mass is 35.5. The highest BCUT2D eigenvalue weighted by molar-refractivity contribution is 6.32. The molecule has 3 nitrogen and oxygen atoms in total. The van der Waals surface area contributed by atoms with E-state index in [9.17, 15) is 5.11 Å². The van der Waals surface area contributed by atoms with E-state index in [-0.39, 0.29) is 5.75 Å². The Labute approximate surface area is 113 Å². The van der Waals surface area contributed by atoms with Gasteiger partial charge in [-0.15, -0.1) is 0 Å². The lowest BCUT2D eigenvalue weighted by atomic mass is 9.99. The van der Waals surface area contributed by atoms with Gasteiger partial charge in [0.2, 0.25) is 0 Å². The Morgan fingerprint density at radius 2 is 2.33 bits per heavy atom. The zero-order chi connectivity index (χ0) is 13.0. The van der Waals surface area contributed by atoms with Crippen LogP contribution in [0.2, 0.25) is 5.02 Å². The molecule has 0 saturated carbocycles. The Morgan fingerprint density at radius 3 is 3.11 bits per heavy atom. The SMILES string of the molecule is CCC1OCCC1CNCc1cccc(Cl)c1O. The van der Waals surface area contributed by atoms with E-state index in [1.165, 1.54) is 0 Å². The summed E-state index contributed by atoms with van der Waals surface area (Å²) in [7, 11) is 0. The van der Waals surface area contributed by atoms with Crippen molar-refractivity contribution in [1.82, 2.24) is 5.32 Å². The van der Waals surface area contributed by atoms with E-state index in [4.69, 9.17) is 16.3 Å². The topological polar surface area (TPSA) is 41.5 Å². The van der Waals surface area contributed by atoms with Crippen LogP contribution >= 0.6 is 11.6 Å². The van der Waals surface area contributed by atoms with Crippen LogP contribution in [-0.4, -0.2) is 24.4 Å². The fourth-order valence-corrected chi connectivity index (χ4v) is 2.67. The fourth-order valence-electron chi connectivity index (χ4n) is 2.47. The Hall–Kier alpha value is -0.770. The molecule has 1 aliphatic heterocycles. The second-order valence-corrected chi connectivity index (χ2v) is 5.15. The van der Waals surface area contributed by atoms with Crippen molar-refractivity contribution in [3.05, 3.63) is 28.8 Å². The molecule has 1 aromatic carbocycles. The van der Waals surface area contributed by atoms with Crippen molar-refractivity contribution in [3.63, 3.8) is 0 Å². The van der Waals surface area contributed by atoms with E-state index in [1.54, 1.807) is 6.07 Å². The molecular weight excluding hydrogens is 250 g/mol. The van der Waals surface area contributed by atoms with Crippen LogP contribution in [0.15, 0.2) is 18.2 Å². The number of phenolic OH excluding ortho intramolecular Hbond substituents is 1. The first-order valence-electron chi connectivity index (χ1n) is 6.51. The average Bonchev–Trinajstić information content (AvgIpc) is 2.82. The lowest BCUT2D eigenvalue weighted by Gasteiger charge is -2.17. The standard InChI is InChI=1S/C14H20ClNO2/c1-2-13-10(6-7-18-13)8-16-9-11-4-3-5-12(15)14(11)17/h3-5,10,13,16-17H,2,6-9H2,1H3. The third-order valence-corrected chi connectivity index (χ3v) is 3.85. The molecule has 0 bridgehead atoms. The van der Waals surface area contributed by atoms with Gasteiger partial charge < -0.3 is 15.2 Å². The quantitative estimate of drug-likeness (QED) is 0.864. The van der Waals surface area contributed by atoms with Gasteiger partial charge in [-0.25, -0.2) is 0 Å². The number of nitrogens with one attached hydrogen (secondary N) is 1. The van der Waals surface area contributed by atoms with Crippen LogP contribution in [0.4, 0.5) is 0 Å². The maximum Gasteiger partial charge on any atom is 0.138 e. The minimum atomic E-state index is 0.182. The first-order chi connectivity index (χ1) is 8.72. The predicted octanol–water partition coefficient (Wildman–Crippen LogP) is 2.95. The zero-order valence-corrected chi connectivity index (χ0v) is 11.4. The smallest absolute Gasteiger partial charge is 0.138 e. The largest absolute Gasteiger partial charge is 0.506 e. The van der Waals surface area contributed by atoms with E-state index >= 15 is 0 Å². The number of phenols is 1. The van der Waals surface area contributed by atoms with Crippen LogP contribution in [-0.2, 0) is 11.3 Å². The number of aromatic hydroxyl groups is 1.